The van der Waals surface area contributed by atoms with Crippen molar-refractivity contribution in [1.82, 2.24) is 0 Å². The SMILES string of the molecule is [C-]#[N+]/C(C#N)=C1/Sc2c(OC(=O)C3CCC(C4CCC(C(=O)OCCCCOC(O)C=C)CC4)CC3)cc(C)c(OC(=O)C3CCC(C4CCC(C(=O)OCCCCOC(=O)C=C)CC4)CC3)c2S1. The monoisotopic (exact) mass is 988 g/mol. The Bertz CT molecular complexity index is 2100. The third kappa shape index (κ3) is 15.2. The fraction of sp³-hybridized carbons (Fsp3) is 0.642. The van der Waals surface area contributed by atoms with Crippen LogP contribution < -0.4 is 9.47 Å². The molecule has 0 aromatic heterocycles. The van der Waals surface area contributed by atoms with Gasteiger partial charge >= 0.3 is 29.8 Å². The van der Waals surface area contributed by atoms with Gasteiger partial charge in [-0.2, -0.15) is 0 Å². The van der Waals surface area contributed by atoms with Crippen molar-refractivity contribution in [3.63, 3.8) is 0 Å². The molecule has 5 aliphatic rings. The third-order valence-corrected chi connectivity index (χ3v) is 17.4. The molecule has 0 amide bonds. The lowest BCUT2D eigenvalue weighted by Gasteiger charge is -2.37. The van der Waals surface area contributed by atoms with Crippen LogP contribution in [0.5, 0.6) is 11.5 Å². The van der Waals surface area contributed by atoms with Crippen LogP contribution in [0, 0.1) is 72.2 Å². The Kier molecular flexibility index (Phi) is 21.1. The minimum Gasteiger partial charge on any atom is -0.465 e. The number of nitrogens with zero attached hydrogens (tertiary/aromatic N) is 2. The van der Waals surface area contributed by atoms with Crippen LogP contribution in [0.1, 0.15) is 134 Å². The summed E-state index contributed by atoms with van der Waals surface area (Å²) in [7, 11) is 0. The molecule has 0 spiro atoms. The number of unbranched alkanes of at least 4 members (excludes halogenated alkanes) is 2. The van der Waals surface area contributed by atoms with Crippen molar-refractivity contribution in [2.24, 2.45) is 47.3 Å². The zero-order valence-corrected chi connectivity index (χ0v) is 41.6. The Morgan fingerprint density at radius 1 is 0.681 bits per heavy atom. The second kappa shape index (κ2) is 27.1. The molecule has 1 N–H and O–H groups in total. The number of fused-ring (bicyclic) bond motifs is 1. The van der Waals surface area contributed by atoms with Gasteiger partial charge < -0.3 is 33.5 Å². The van der Waals surface area contributed by atoms with E-state index in [1.54, 1.807) is 6.07 Å². The minimum absolute atomic E-state index is 0.0779. The number of nitriles is 1. The summed E-state index contributed by atoms with van der Waals surface area (Å²) < 4.78 is 34.0. The molecule has 4 fully saturated rings. The van der Waals surface area contributed by atoms with E-state index < -0.39 is 12.3 Å². The number of esters is 5. The van der Waals surface area contributed by atoms with Crippen molar-refractivity contribution >= 4 is 53.4 Å². The largest absolute Gasteiger partial charge is 0.465 e. The highest BCUT2D eigenvalue weighted by atomic mass is 32.2. The van der Waals surface area contributed by atoms with Crippen molar-refractivity contribution in [1.29, 1.82) is 5.26 Å². The number of aryl methyl sites for hydroxylation is 1. The number of hydrogen-bond donors (Lipinski definition) is 1. The highest BCUT2D eigenvalue weighted by Gasteiger charge is 2.39. The maximum atomic E-state index is 13.8. The number of rotatable bonds is 21. The molecule has 0 saturated heterocycles. The number of ether oxygens (including phenoxy) is 6. The highest BCUT2D eigenvalue weighted by molar-refractivity contribution is 8.24. The van der Waals surface area contributed by atoms with Crippen LogP contribution in [0.3, 0.4) is 0 Å². The zero-order chi connectivity index (χ0) is 49.3. The number of aliphatic hydroxyl groups is 1. The summed E-state index contributed by atoms with van der Waals surface area (Å²) in [6, 6.07) is 3.70. The molecule has 1 aromatic rings. The number of benzene rings is 1. The summed E-state index contributed by atoms with van der Waals surface area (Å²) in [5.41, 5.74) is 0.544. The van der Waals surface area contributed by atoms with Gasteiger partial charge in [0.1, 0.15) is 11.5 Å². The fourth-order valence-electron chi connectivity index (χ4n) is 10.7. The van der Waals surface area contributed by atoms with Gasteiger partial charge in [0.05, 0.1) is 76.8 Å². The maximum absolute atomic E-state index is 13.8. The Hall–Kier alpha value is -4.61. The van der Waals surface area contributed by atoms with E-state index in [0.29, 0.717) is 126 Å². The number of allylic oxidation sites excluding steroid dienone is 1. The molecule has 0 radical (unpaired) electrons. The fourth-order valence-corrected chi connectivity index (χ4v) is 13.2. The first-order valence-electron chi connectivity index (χ1n) is 25.0. The molecular weight excluding hydrogens is 921 g/mol. The van der Waals surface area contributed by atoms with Gasteiger partial charge in [-0.3, -0.25) is 19.2 Å². The third-order valence-electron chi connectivity index (χ3n) is 14.8. The lowest BCUT2D eigenvalue weighted by atomic mass is 9.69. The molecule has 6 rings (SSSR count). The van der Waals surface area contributed by atoms with Crippen LogP contribution in [0.15, 0.2) is 51.1 Å². The van der Waals surface area contributed by atoms with Gasteiger partial charge in [0.2, 0.25) is 0 Å². The molecular formula is C53H68N2O12S2. The van der Waals surface area contributed by atoms with Gasteiger partial charge in [-0.25, -0.2) is 14.9 Å². The second-order valence-electron chi connectivity index (χ2n) is 19.1. The number of carbonyl (C=O) groups is 5. The van der Waals surface area contributed by atoms with E-state index in [1.165, 1.54) is 29.6 Å². The molecule has 1 heterocycles. The van der Waals surface area contributed by atoms with Crippen LogP contribution in [0.25, 0.3) is 4.85 Å². The standard InChI is InChI=1S/C53H68N2O12S2/c1-5-44(56)62-27-7-9-29-64-49(58)38-19-11-34(12-20-38)36-15-23-40(24-16-36)51(60)66-43-31-33(3)46(48-47(43)68-53(69-48)42(32-54)55-4)67-52(61)41-25-17-37(18-26-41)35-13-21-39(22-14-35)50(59)65-30-10-8-28-63-45(57)6-2/h5-6,31,34-41,44,56H,1-2,7-30H2,3H3/b53-42-. The molecule has 1 aliphatic heterocycles. The lowest BCUT2D eigenvalue weighted by molar-refractivity contribution is -0.151. The highest BCUT2D eigenvalue weighted by Crippen LogP contribution is 2.60. The van der Waals surface area contributed by atoms with E-state index in [4.69, 9.17) is 35.0 Å². The predicted octanol–water partition coefficient (Wildman–Crippen LogP) is 10.7. The van der Waals surface area contributed by atoms with Crippen LogP contribution in [-0.2, 0) is 42.9 Å². The molecule has 4 aliphatic carbocycles. The summed E-state index contributed by atoms with van der Waals surface area (Å²) >= 11 is 2.39. The first kappa shape index (κ1) is 53.7. The van der Waals surface area contributed by atoms with E-state index >= 15 is 0 Å². The average molecular weight is 989 g/mol. The van der Waals surface area contributed by atoms with Gasteiger partial charge in [0.25, 0.3) is 5.70 Å². The molecule has 0 bridgehead atoms. The van der Waals surface area contributed by atoms with E-state index in [2.05, 4.69) is 18.0 Å². The van der Waals surface area contributed by atoms with E-state index in [0.717, 1.165) is 83.1 Å². The first-order valence-corrected chi connectivity index (χ1v) is 26.6. The quantitative estimate of drug-likeness (QED) is 0.0141. The van der Waals surface area contributed by atoms with E-state index in [1.807, 2.05) is 13.0 Å². The molecule has 69 heavy (non-hydrogen) atoms. The van der Waals surface area contributed by atoms with Gasteiger partial charge in [-0.15, -0.1) is 0 Å². The van der Waals surface area contributed by atoms with Crippen molar-refractivity contribution in [2.45, 2.75) is 151 Å². The Labute approximate surface area is 415 Å². The number of carbonyl (C=O) groups excluding carboxylic acids is 5. The first-order chi connectivity index (χ1) is 33.4. The molecule has 14 nitrogen and oxygen atoms in total. The topological polar surface area (TPSA) is 189 Å². The number of hydrogen-bond acceptors (Lipinski definition) is 15. The maximum Gasteiger partial charge on any atom is 0.330 e. The van der Waals surface area contributed by atoms with Crippen molar-refractivity contribution in [2.75, 3.05) is 26.4 Å². The Morgan fingerprint density at radius 3 is 1.54 bits per heavy atom. The summed E-state index contributed by atoms with van der Waals surface area (Å²) in [6.07, 6.45) is 17.5. The smallest absolute Gasteiger partial charge is 0.330 e. The van der Waals surface area contributed by atoms with E-state index in [-0.39, 0.29) is 59.9 Å². The number of thioether (sulfide) groups is 2. The predicted molar refractivity (Wildman–Crippen MR) is 259 cm³/mol. The van der Waals surface area contributed by atoms with Crippen molar-refractivity contribution in [3.05, 3.63) is 58.3 Å². The second-order valence-corrected chi connectivity index (χ2v) is 21.4. The van der Waals surface area contributed by atoms with Gasteiger partial charge in [0.15, 0.2) is 6.29 Å². The minimum atomic E-state index is -0.979. The van der Waals surface area contributed by atoms with Gasteiger partial charge in [-0.1, -0.05) is 36.7 Å². The number of aliphatic hydroxyl groups excluding tert-OH is 1. The molecule has 1 unspecified atom stereocenters. The van der Waals surface area contributed by atoms with Crippen molar-refractivity contribution < 1.29 is 57.5 Å². The molecule has 4 saturated carbocycles. The van der Waals surface area contributed by atoms with Crippen LogP contribution >= 0.6 is 23.5 Å². The normalized spacial score (nSPS) is 26.7. The van der Waals surface area contributed by atoms with Crippen LogP contribution in [0.4, 0.5) is 0 Å². The van der Waals surface area contributed by atoms with E-state index in [9.17, 15) is 34.3 Å². The van der Waals surface area contributed by atoms with Crippen LogP contribution in [-0.4, -0.2) is 67.7 Å². The summed E-state index contributed by atoms with van der Waals surface area (Å²) in [5, 5.41) is 19.1. The van der Waals surface area contributed by atoms with Gasteiger partial charge in [0, 0.05) is 6.08 Å². The molecule has 1 atom stereocenters. The Balaban J connectivity index is 0.952. The lowest BCUT2D eigenvalue weighted by Crippen LogP contribution is -2.32. The van der Waals surface area contributed by atoms with Gasteiger partial charge in [-0.05, 0) is 177 Å². The summed E-state index contributed by atoms with van der Waals surface area (Å²) in [4.78, 5) is 68.8. The molecule has 16 heteroatoms. The summed E-state index contributed by atoms with van der Waals surface area (Å²) in [6.45, 7) is 17.5. The Morgan fingerprint density at radius 2 is 1.10 bits per heavy atom. The van der Waals surface area contributed by atoms with Crippen LogP contribution in [0.2, 0.25) is 0 Å². The van der Waals surface area contributed by atoms with Crippen molar-refractivity contribution in [3.8, 4) is 17.6 Å². The zero-order valence-electron chi connectivity index (χ0n) is 40.0. The molecule has 374 valence electrons. The molecule has 1 aromatic carbocycles. The average Bonchev–Trinajstić information content (AvgIpc) is 3.82. The summed E-state index contributed by atoms with van der Waals surface area (Å²) in [5.74, 6) is 0.532.